The van der Waals surface area contributed by atoms with Crippen LogP contribution < -0.4 is 14.8 Å². The summed E-state index contributed by atoms with van der Waals surface area (Å²) in [5.74, 6) is 1.65. The molecule has 2 rings (SSSR count). The fourth-order valence-corrected chi connectivity index (χ4v) is 3.35. The minimum atomic E-state index is 0.108. The predicted molar refractivity (Wildman–Crippen MR) is 87.2 cm³/mol. The number of rotatable bonds is 6. The summed E-state index contributed by atoms with van der Waals surface area (Å²) < 4.78 is 17.9. The number of methoxy groups -OCH3 is 2. The zero-order chi connectivity index (χ0) is 15.4. The molecule has 1 fully saturated rings. The Kier molecular flexibility index (Phi) is 5.90. The van der Waals surface area contributed by atoms with E-state index in [2.05, 4.69) is 35.1 Å². The molecule has 1 aromatic carbocycles. The molecular weight excluding hydrogens is 334 g/mol. The maximum atomic E-state index is 6.06. The molecule has 1 aliphatic rings. The van der Waals surface area contributed by atoms with Crippen LogP contribution in [0.5, 0.6) is 11.5 Å². The van der Waals surface area contributed by atoms with Crippen LogP contribution >= 0.6 is 15.9 Å². The van der Waals surface area contributed by atoms with Crippen molar-refractivity contribution in [2.24, 2.45) is 0 Å². The van der Waals surface area contributed by atoms with Crippen molar-refractivity contribution in [1.82, 2.24) is 5.32 Å². The molecule has 0 bridgehead atoms. The van der Waals surface area contributed by atoms with Crippen molar-refractivity contribution in [3.8, 4) is 11.5 Å². The van der Waals surface area contributed by atoms with Gasteiger partial charge in [0.05, 0.1) is 36.9 Å². The van der Waals surface area contributed by atoms with Gasteiger partial charge in [0.25, 0.3) is 0 Å². The number of hydrogen-bond acceptors (Lipinski definition) is 4. The van der Waals surface area contributed by atoms with Gasteiger partial charge in [0.15, 0.2) is 0 Å². The van der Waals surface area contributed by atoms with Gasteiger partial charge in [0.1, 0.15) is 11.5 Å². The lowest BCUT2D eigenvalue weighted by atomic mass is 9.97. The fourth-order valence-electron chi connectivity index (χ4n) is 2.87. The molecule has 0 aliphatic carbocycles. The summed E-state index contributed by atoms with van der Waals surface area (Å²) in [7, 11) is 3.37. The molecule has 1 aliphatic heterocycles. The first-order chi connectivity index (χ1) is 10.1. The SMILES string of the molecule is CCNC(c1cc(OC)c(Br)cc1OC)C1CCC(C)O1. The van der Waals surface area contributed by atoms with Crippen LogP contribution in [0.2, 0.25) is 0 Å². The first-order valence-electron chi connectivity index (χ1n) is 7.41. The smallest absolute Gasteiger partial charge is 0.133 e. The number of nitrogens with one attached hydrogen (secondary N) is 1. The van der Waals surface area contributed by atoms with Crippen LogP contribution in [-0.2, 0) is 4.74 Å². The molecule has 4 nitrogen and oxygen atoms in total. The van der Waals surface area contributed by atoms with Gasteiger partial charge in [0.2, 0.25) is 0 Å². The summed E-state index contributed by atoms with van der Waals surface area (Å²) >= 11 is 3.51. The average Bonchev–Trinajstić information content (AvgIpc) is 2.91. The lowest BCUT2D eigenvalue weighted by molar-refractivity contribution is 0.0314. The zero-order valence-corrected chi connectivity index (χ0v) is 14.7. The summed E-state index contributed by atoms with van der Waals surface area (Å²) in [4.78, 5) is 0. The Bertz CT molecular complexity index is 481. The van der Waals surface area contributed by atoms with Gasteiger partial charge in [-0.1, -0.05) is 6.92 Å². The van der Waals surface area contributed by atoms with Crippen molar-refractivity contribution in [2.75, 3.05) is 20.8 Å². The predicted octanol–water partition coefficient (Wildman–Crippen LogP) is 3.68. The first-order valence-corrected chi connectivity index (χ1v) is 8.20. The molecule has 0 amide bonds. The Morgan fingerprint density at radius 2 is 2.00 bits per heavy atom. The molecular formula is C16H24BrNO3. The Balaban J connectivity index is 2.38. The van der Waals surface area contributed by atoms with E-state index in [1.807, 2.05) is 12.1 Å². The standard InChI is InChI=1S/C16H24BrNO3/c1-5-18-16(13-7-6-10(2)21-13)11-8-15(20-4)12(17)9-14(11)19-3/h8-10,13,16,18H,5-7H2,1-4H3. The molecule has 0 spiro atoms. The second-order valence-corrected chi connectivity index (χ2v) is 6.18. The van der Waals surface area contributed by atoms with Gasteiger partial charge in [0, 0.05) is 5.56 Å². The van der Waals surface area contributed by atoms with E-state index in [4.69, 9.17) is 14.2 Å². The largest absolute Gasteiger partial charge is 0.496 e. The van der Waals surface area contributed by atoms with Crippen molar-refractivity contribution < 1.29 is 14.2 Å². The van der Waals surface area contributed by atoms with E-state index in [-0.39, 0.29) is 12.1 Å². The third kappa shape index (κ3) is 3.71. The maximum Gasteiger partial charge on any atom is 0.133 e. The molecule has 1 saturated heterocycles. The van der Waals surface area contributed by atoms with E-state index in [1.54, 1.807) is 14.2 Å². The second-order valence-electron chi connectivity index (χ2n) is 5.33. The monoisotopic (exact) mass is 357 g/mol. The molecule has 0 saturated carbocycles. The van der Waals surface area contributed by atoms with Gasteiger partial charge in [-0.05, 0) is 54.4 Å². The fraction of sp³-hybridized carbons (Fsp3) is 0.625. The topological polar surface area (TPSA) is 39.7 Å². The summed E-state index contributed by atoms with van der Waals surface area (Å²) in [6.07, 6.45) is 2.64. The van der Waals surface area contributed by atoms with E-state index in [9.17, 15) is 0 Å². The minimum absolute atomic E-state index is 0.108. The van der Waals surface area contributed by atoms with Crippen molar-refractivity contribution >= 4 is 15.9 Å². The highest BCUT2D eigenvalue weighted by Gasteiger charge is 2.32. The van der Waals surface area contributed by atoms with Gasteiger partial charge in [-0.25, -0.2) is 0 Å². The highest BCUT2D eigenvalue weighted by molar-refractivity contribution is 9.10. The molecule has 3 unspecified atom stereocenters. The van der Waals surface area contributed by atoms with E-state index < -0.39 is 0 Å². The van der Waals surface area contributed by atoms with Crippen molar-refractivity contribution in [3.63, 3.8) is 0 Å². The summed E-state index contributed by atoms with van der Waals surface area (Å²) in [6.45, 7) is 5.11. The second kappa shape index (κ2) is 7.47. The van der Waals surface area contributed by atoms with Crippen molar-refractivity contribution in [1.29, 1.82) is 0 Å². The molecule has 1 heterocycles. The summed E-state index contributed by atoms with van der Waals surface area (Å²) in [5.41, 5.74) is 1.08. The quantitative estimate of drug-likeness (QED) is 0.842. The van der Waals surface area contributed by atoms with Gasteiger partial charge in [-0.15, -0.1) is 0 Å². The molecule has 21 heavy (non-hydrogen) atoms. The van der Waals surface area contributed by atoms with Crippen molar-refractivity contribution in [3.05, 3.63) is 22.2 Å². The van der Waals surface area contributed by atoms with Gasteiger partial charge in [-0.3, -0.25) is 0 Å². The number of ether oxygens (including phenoxy) is 3. The van der Waals surface area contributed by atoms with E-state index in [0.717, 1.165) is 40.9 Å². The van der Waals surface area contributed by atoms with E-state index in [1.165, 1.54) is 0 Å². The van der Waals surface area contributed by atoms with Gasteiger partial charge >= 0.3 is 0 Å². The van der Waals surface area contributed by atoms with Crippen LogP contribution in [0.4, 0.5) is 0 Å². The van der Waals surface area contributed by atoms with Crippen LogP contribution in [-0.4, -0.2) is 33.0 Å². The Labute approximate surface area is 135 Å². The summed E-state index contributed by atoms with van der Waals surface area (Å²) in [5, 5.41) is 3.53. The molecule has 1 aromatic rings. The average molecular weight is 358 g/mol. The molecule has 1 N–H and O–H groups in total. The highest BCUT2D eigenvalue weighted by Crippen LogP contribution is 2.39. The minimum Gasteiger partial charge on any atom is -0.496 e. The van der Waals surface area contributed by atoms with Crippen molar-refractivity contribution in [2.45, 2.75) is 44.9 Å². The normalized spacial score (nSPS) is 23.1. The third-order valence-electron chi connectivity index (χ3n) is 3.90. The van der Waals surface area contributed by atoms with Crippen LogP contribution in [0.25, 0.3) is 0 Å². The van der Waals surface area contributed by atoms with Crippen LogP contribution in [0.1, 0.15) is 38.3 Å². The Morgan fingerprint density at radius 1 is 1.29 bits per heavy atom. The Morgan fingerprint density at radius 3 is 2.52 bits per heavy atom. The first kappa shape index (κ1) is 16.6. The number of hydrogen-bond donors (Lipinski definition) is 1. The van der Waals surface area contributed by atoms with Gasteiger partial charge < -0.3 is 19.5 Å². The van der Waals surface area contributed by atoms with Crippen LogP contribution in [0.15, 0.2) is 16.6 Å². The lowest BCUT2D eigenvalue weighted by Gasteiger charge is -2.27. The zero-order valence-electron chi connectivity index (χ0n) is 13.1. The molecule has 118 valence electrons. The molecule has 0 aromatic heterocycles. The number of benzene rings is 1. The van der Waals surface area contributed by atoms with Crippen LogP contribution in [0, 0.1) is 0 Å². The van der Waals surface area contributed by atoms with E-state index in [0.29, 0.717) is 6.10 Å². The van der Waals surface area contributed by atoms with Gasteiger partial charge in [-0.2, -0.15) is 0 Å². The highest BCUT2D eigenvalue weighted by atomic mass is 79.9. The van der Waals surface area contributed by atoms with Crippen LogP contribution in [0.3, 0.4) is 0 Å². The lowest BCUT2D eigenvalue weighted by Crippen LogP contribution is -2.32. The van der Waals surface area contributed by atoms with E-state index >= 15 is 0 Å². The molecule has 3 atom stereocenters. The third-order valence-corrected chi connectivity index (χ3v) is 4.52. The Hall–Kier alpha value is -0.780. The molecule has 5 heteroatoms. The number of halogens is 1. The summed E-state index contributed by atoms with van der Waals surface area (Å²) in [6, 6.07) is 4.09. The molecule has 0 radical (unpaired) electrons. The number of likely N-dealkylation sites (N-methyl/N-ethyl adjacent to an activating group) is 1. The maximum absolute atomic E-state index is 6.06.